The summed E-state index contributed by atoms with van der Waals surface area (Å²) < 4.78 is 11.5. The van der Waals surface area contributed by atoms with Crippen molar-refractivity contribution < 1.29 is 4.42 Å². The van der Waals surface area contributed by atoms with Crippen molar-refractivity contribution in [3.05, 3.63) is 170 Å². The van der Waals surface area contributed by atoms with E-state index in [1.165, 1.54) is 69.4 Å². The molecule has 0 aliphatic rings. The predicted molar refractivity (Wildman–Crippen MR) is 221 cm³/mol. The van der Waals surface area contributed by atoms with E-state index in [2.05, 4.69) is 167 Å². The molecule has 0 amide bonds. The molecule has 0 atom stereocenters. The van der Waals surface area contributed by atoms with Gasteiger partial charge in [-0.15, -0.1) is 11.3 Å². The van der Waals surface area contributed by atoms with Crippen LogP contribution in [0.2, 0.25) is 0 Å². The molecule has 0 saturated heterocycles. The molecule has 0 aliphatic carbocycles. The van der Waals surface area contributed by atoms with Gasteiger partial charge in [0.25, 0.3) is 0 Å². The van der Waals surface area contributed by atoms with Crippen molar-refractivity contribution >= 4 is 109 Å². The second-order valence-electron chi connectivity index (χ2n) is 13.7. The Kier molecular flexibility index (Phi) is 5.65. The van der Waals surface area contributed by atoms with Crippen molar-refractivity contribution in [1.29, 1.82) is 0 Å². The molecule has 12 aromatic rings. The van der Waals surface area contributed by atoms with Crippen LogP contribution in [0.1, 0.15) is 0 Å². The zero-order chi connectivity index (χ0) is 33.9. The van der Waals surface area contributed by atoms with Gasteiger partial charge in [0, 0.05) is 75.6 Å². The van der Waals surface area contributed by atoms with Crippen molar-refractivity contribution in [3.63, 3.8) is 0 Å². The Balaban J connectivity index is 1.06. The van der Waals surface area contributed by atoms with Crippen molar-refractivity contribution in [3.8, 4) is 11.1 Å². The molecule has 3 nitrogen and oxygen atoms in total. The molecule has 0 aliphatic heterocycles. The summed E-state index contributed by atoms with van der Waals surface area (Å²) in [6.07, 6.45) is 0. The summed E-state index contributed by atoms with van der Waals surface area (Å²) in [7, 11) is 0. The van der Waals surface area contributed by atoms with Gasteiger partial charge in [-0.3, -0.25) is 0 Å². The average molecular weight is 681 g/mol. The molecule has 0 bridgehead atoms. The van der Waals surface area contributed by atoms with Crippen LogP contribution in [0.15, 0.2) is 174 Å². The van der Waals surface area contributed by atoms with E-state index >= 15 is 0 Å². The number of hydrogen-bond donors (Lipinski definition) is 0. The molecule has 4 heterocycles. The molecule has 0 unspecified atom stereocenters. The van der Waals surface area contributed by atoms with Crippen molar-refractivity contribution in [2.75, 3.05) is 4.90 Å². The van der Waals surface area contributed by atoms with E-state index < -0.39 is 0 Å². The molecule has 0 radical (unpaired) electrons. The smallest absolute Gasteiger partial charge is 0.137 e. The lowest BCUT2D eigenvalue weighted by molar-refractivity contribution is 0.669. The van der Waals surface area contributed by atoms with E-state index in [0.717, 1.165) is 39.0 Å². The number of thiophene rings is 1. The number of anilines is 3. The summed E-state index contributed by atoms with van der Waals surface area (Å²) in [6.45, 7) is 0. The fourth-order valence-electron chi connectivity index (χ4n) is 8.57. The van der Waals surface area contributed by atoms with Crippen LogP contribution in [-0.4, -0.2) is 4.40 Å². The largest absolute Gasteiger partial charge is 0.456 e. The van der Waals surface area contributed by atoms with Gasteiger partial charge in [0.15, 0.2) is 0 Å². The third-order valence-corrected chi connectivity index (χ3v) is 12.1. The maximum atomic E-state index is 6.41. The van der Waals surface area contributed by atoms with Crippen molar-refractivity contribution in [2.45, 2.75) is 0 Å². The molecule has 52 heavy (non-hydrogen) atoms. The molecule has 8 aromatic carbocycles. The Morgan fingerprint density at radius 3 is 1.87 bits per heavy atom. The second kappa shape index (κ2) is 10.5. The molecular weight excluding hydrogens is 653 g/mol. The van der Waals surface area contributed by atoms with Gasteiger partial charge in [0.05, 0.1) is 16.6 Å². The average Bonchev–Trinajstić information content (AvgIpc) is 3.95. The minimum absolute atomic E-state index is 0.878. The van der Waals surface area contributed by atoms with Crippen molar-refractivity contribution in [1.82, 2.24) is 4.40 Å². The summed E-state index contributed by atoms with van der Waals surface area (Å²) in [5, 5.41) is 10.0. The molecule has 0 N–H and O–H groups in total. The highest BCUT2D eigenvalue weighted by Gasteiger charge is 2.21. The minimum atomic E-state index is 0.878. The Morgan fingerprint density at radius 2 is 1.00 bits per heavy atom. The predicted octanol–water partition coefficient (Wildman–Crippen LogP) is 14.2. The first-order valence-electron chi connectivity index (χ1n) is 17.7. The molecule has 242 valence electrons. The Hall–Kier alpha value is -6.62. The molecule has 4 aromatic heterocycles. The SMILES string of the molecule is c1ccc2c(c1)oc1cc(N(c3ccc(-c4ccc5sc6ccccc6c5c4)cc3)c3ccc4c5cccc6c7ccccc7n(c4c3)c65)ccc12. The summed E-state index contributed by atoms with van der Waals surface area (Å²) in [5.41, 5.74) is 11.1. The summed E-state index contributed by atoms with van der Waals surface area (Å²) in [6, 6.07) is 61.8. The number of rotatable bonds is 4. The monoisotopic (exact) mass is 680 g/mol. The standard InChI is InChI=1S/C48H28N2OS/c1-4-13-42-34(8-1)39-11-7-12-40-35-23-21-32(27-43(35)50(42)48(39)40)49(33-22-24-37-36-9-2-5-14-44(36)51-45(37)28-33)31-19-16-29(17-20-31)30-18-25-47-41(26-30)38-10-3-6-15-46(38)52-47/h1-28H. The lowest BCUT2D eigenvalue weighted by Crippen LogP contribution is -2.09. The number of aromatic nitrogens is 1. The number of furan rings is 1. The Bertz CT molecular complexity index is 3360. The molecule has 12 rings (SSSR count). The highest BCUT2D eigenvalue weighted by atomic mass is 32.1. The molecule has 0 fully saturated rings. The number of para-hydroxylation sites is 3. The first-order valence-corrected chi connectivity index (χ1v) is 18.5. The van der Waals surface area contributed by atoms with E-state index in [4.69, 9.17) is 4.42 Å². The summed E-state index contributed by atoms with van der Waals surface area (Å²) >= 11 is 1.86. The van der Waals surface area contributed by atoms with E-state index in [-0.39, 0.29) is 0 Å². The Morgan fingerprint density at radius 1 is 0.385 bits per heavy atom. The van der Waals surface area contributed by atoms with Crippen LogP contribution in [0.4, 0.5) is 17.1 Å². The lowest BCUT2D eigenvalue weighted by Gasteiger charge is -2.26. The van der Waals surface area contributed by atoms with Crippen LogP contribution in [-0.2, 0) is 0 Å². The quantitative estimate of drug-likeness (QED) is 0.184. The highest BCUT2D eigenvalue weighted by molar-refractivity contribution is 7.25. The van der Waals surface area contributed by atoms with Gasteiger partial charge >= 0.3 is 0 Å². The molecule has 4 heteroatoms. The third-order valence-electron chi connectivity index (χ3n) is 10.9. The first-order chi connectivity index (χ1) is 25.8. The van der Waals surface area contributed by atoms with Crippen LogP contribution in [0, 0.1) is 0 Å². The van der Waals surface area contributed by atoms with Crippen LogP contribution in [0.5, 0.6) is 0 Å². The van der Waals surface area contributed by atoms with Crippen LogP contribution >= 0.6 is 11.3 Å². The maximum Gasteiger partial charge on any atom is 0.137 e. The fraction of sp³-hybridized carbons (Fsp3) is 0. The van der Waals surface area contributed by atoms with Gasteiger partial charge in [0.2, 0.25) is 0 Å². The zero-order valence-electron chi connectivity index (χ0n) is 27.9. The minimum Gasteiger partial charge on any atom is -0.456 e. The van der Waals surface area contributed by atoms with Crippen LogP contribution < -0.4 is 4.90 Å². The zero-order valence-corrected chi connectivity index (χ0v) is 28.7. The maximum absolute atomic E-state index is 6.41. The van der Waals surface area contributed by atoms with Gasteiger partial charge in [-0.2, -0.15) is 0 Å². The summed E-state index contributed by atoms with van der Waals surface area (Å²) in [4.78, 5) is 2.36. The number of hydrogen-bond acceptors (Lipinski definition) is 3. The normalized spacial score (nSPS) is 12.2. The number of benzene rings is 8. The van der Waals surface area contributed by atoms with E-state index in [1.807, 2.05) is 23.5 Å². The molecular formula is C48H28N2OS. The highest BCUT2D eigenvalue weighted by Crippen LogP contribution is 2.44. The summed E-state index contributed by atoms with van der Waals surface area (Å²) in [5.74, 6) is 0. The van der Waals surface area contributed by atoms with Crippen LogP contribution in [0.25, 0.3) is 91.3 Å². The van der Waals surface area contributed by atoms with E-state index in [9.17, 15) is 0 Å². The van der Waals surface area contributed by atoms with Gasteiger partial charge < -0.3 is 13.7 Å². The fourth-order valence-corrected chi connectivity index (χ4v) is 9.65. The van der Waals surface area contributed by atoms with Gasteiger partial charge in [-0.25, -0.2) is 0 Å². The third kappa shape index (κ3) is 3.90. The second-order valence-corrected chi connectivity index (χ2v) is 14.8. The topological polar surface area (TPSA) is 20.8 Å². The van der Waals surface area contributed by atoms with Gasteiger partial charge in [0.1, 0.15) is 11.2 Å². The Labute approximate surface area is 302 Å². The van der Waals surface area contributed by atoms with E-state index in [1.54, 1.807) is 0 Å². The van der Waals surface area contributed by atoms with Gasteiger partial charge in [-0.05, 0) is 77.9 Å². The lowest BCUT2D eigenvalue weighted by atomic mass is 10.0. The number of fused-ring (bicyclic) bond motifs is 12. The molecule has 0 spiro atoms. The number of nitrogens with zero attached hydrogens (tertiary/aromatic N) is 2. The van der Waals surface area contributed by atoms with E-state index in [0.29, 0.717) is 0 Å². The first kappa shape index (κ1) is 28.1. The van der Waals surface area contributed by atoms with Crippen LogP contribution in [0.3, 0.4) is 0 Å². The van der Waals surface area contributed by atoms with Gasteiger partial charge in [-0.1, -0.05) is 97.1 Å². The van der Waals surface area contributed by atoms with Crippen molar-refractivity contribution in [2.24, 2.45) is 0 Å². The molecule has 0 saturated carbocycles.